The van der Waals surface area contributed by atoms with Crippen molar-refractivity contribution in [3.05, 3.63) is 24.3 Å². The summed E-state index contributed by atoms with van der Waals surface area (Å²) in [6.07, 6.45) is 1.39. The van der Waals surface area contributed by atoms with Gasteiger partial charge >= 0.3 is 11.9 Å². The van der Waals surface area contributed by atoms with Gasteiger partial charge in [-0.05, 0) is 26.7 Å². The third-order valence-corrected chi connectivity index (χ3v) is 5.34. The molecule has 0 aliphatic carbocycles. The number of carbonyl (C=O) groups is 2. The van der Waals surface area contributed by atoms with E-state index in [2.05, 4.69) is 38.4 Å². The van der Waals surface area contributed by atoms with Crippen LogP contribution in [0, 0.1) is 0 Å². The zero-order valence-corrected chi connectivity index (χ0v) is 16.4. The number of hydrogen-bond donors (Lipinski definition) is 2. The van der Waals surface area contributed by atoms with Gasteiger partial charge in [0.1, 0.15) is 0 Å². The van der Waals surface area contributed by atoms with Crippen LogP contribution in [-0.4, -0.2) is 47.2 Å². The first kappa shape index (κ1) is 22.5. The van der Waals surface area contributed by atoms with Crippen molar-refractivity contribution < 1.29 is 19.1 Å². The van der Waals surface area contributed by atoms with Crippen molar-refractivity contribution in [2.24, 2.45) is 0 Å². The topological polar surface area (TPSA) is 52.6 Å². The Bertz CT molecular complexity index is 386. The molecule has 4 nitrogen and oxygen atoms in total. The lowest BCUT2D eigenvalue weighted by atomic mass is 10.3. The number of rotatable bonds is 12. The molecule has 0 N–H and O–H groups in total. The van der Waals surface area contributed by atoms with E-state index in [0.29, 0.717) is 37.2 Å². The molecule has 2 atom stereocenters. The van der Waals surface area contributed by atoms with Gasteiger partial charge in [0.25, 0.3) is 0 Å². The first-order valence-electron chi connectivity index (χ1n) is 7.33. The van der Waals surface area contributed by atoms with Crippen molar-refractivity contribution in [1.82, 2.24) is 0 Å². The quantitative estimate of drug-likeness (QED) is 0.310. The molecule has 0 saturated carbocycles. The van der Waals surface area contributed by atoms with Gasteiger partial charge in [-0.25, -0.2) is 9.59 Å². The highest BCUT2D eigenvalue weighted by Crippen LogP contribution is 2.16. The van der Waals surface area contributed by atoms with Crippen LogP contribution in [0.3, 0.4) is 0 Å². The van der Waals surface area contributed by atoms with Crippen LogP contribution in [0.2, 0.25) is 0 Å². The van der Waals surface area contributed by atoms with Crippen LogP contribution in [0.4, 0.5) is 0 Å². The van der Waals surface area contributed by atoms with Gasteiger partial charge in [0.15, 0.2) is 0 Å². The van der Waals surface area contributed by atoms with E-state index >= 15 is 0 Å². The molecule has 132 valence electrons. The Hall–Kier alpha value is -0.530. The third-order valence-electron chi connectivity index (χ3n) is 2.69. The SMILES string of the molecule is C=C(C)C(=O)OCCC(S)CSCC(S)CCOC(=O)C(=C)C. The highest BCUT2D eigenvalue weighted by atomic mass is 32.2. The fourth-order valence-electron chi connectivity index (χ4n) is 1.33. The minimum Gasteiger partial charge on any atom is -0.462 e. The van der Waals surface area contributed by atoms with Crippen LogP contribution >= 0.6 is 37.0 Å². The summed E-state index contributed by atoms with van der Waals surface area (Å²) in [7, 11) is 0. The molecule has 23 heavy (non-hydrogen) atoms. The van der Waals surface area contributed by atoms with Crippen LogP contribution in [0.5, 0.6) is 0 Å². The molecule has 0 aliphatic rings. The van der Waals surface area contributed by atoms with Crippen molar-refractivity contribution in [2.75, 3.05) is 24.7 Å². The molecule has 0 bridgehead atoms. The normalized spacial score (nSPS) is 13.0. The Labute approximate surface area is 154 Å². The minimum atomic E-state index is -0.363. The van der Waals surface area contributed by atoms with E-state index in [9.17, 15) is 9.59 Å². The van der Waals surface area contributed by atoms with E-state index in [1.54, 1.807) is 25.6 Å². The molecular weight excluding hydrogens is 352 g/mol. The van der Waals surface area contributed by atoms with E-state index in [-0.39, 0.29) is 22.4 Å². The summed E-state index contributed by atoms with van der Waals surface area (Å²) in [5.74, 6) is 0.961. The largest absolute Gasteiger partial charge is 0.462 e. The number of ether oxygens (including phenoxy) is 2. The van der Waals surface area contributed by atoms with E-state index in [1.165, 1.54) is 0 Å². The van der Waals surface area contributed by atoms with Gasteiger partial charge in [0.2, 0.25) is 0 Å². The molecule has 2 unspecified atom stereocenters. The van der Waals surface area contributed by atoms with Gasteiger partial charge in [-0.2, -0.15) is 37.0 Å². The first-order chi connectivity index (χ1) is 10.7. The molecule has 0 fully saturated rings. The van der Waals surface area contributed by atoms with Crippen LogP contribution < -0.4 is 0 Å². The number of hydrogen-bond acceptors (Lipinski definition) is 7. The van der Waals surface area contributed by atoms with Crippen LogP contribution in [-0.2, 0) is 19.1 Å². The van der Waals surface area contributed by atoms with Gasteiger partial charge in [0, 0.05) is 33.2 Å². The first-order valence-corrected chi connectivity index (χ1v) is 9.52. The zero-order valence-electron chi connectivity index (χ0n) is 13.7. The molecule has 7 heteroatoms. The zero-order chi connectivity index (χ0) is 17.8. The highest BCUT2D eigenvalue weighted by Gasteiger charge is 2.10. The minimum absolute atomic E-state index is 0.152. The average molecular weight is 379 g/mol. The molecule has 0 aromatic heterocycles. The maximum absolute atomic E-state index is 11.2. The van der Waals surface area contributed by atoms with Gasteiger partial charge in [-0.15, -0.1) is 0 Å². The van der Waals surface area contributed by atoms with Gasteiger partial charge in [-0.1, -0.05) is 13.2 Å². The summed E-state index contributed by atoms with van der Waals surface area (Å²) in [6, 6.07) is 0. The Balaban J connectivity index is 3.64. The molecule has 0 rings (SSSR count). The summed E-state index contributed by atoms with van der Waals surface area (Å²) < 4.78 is 10.1. The predicted molar refractivity (Wildman–Crippen MR) is 104 cm³/mol. The number of thioether (sulfide) groups is 1. The predicted octanol–water partition coefficient (Wildman–Crippen LogP) is 3.34. The lowest BCUT2D eigenvalue weighted by Gasteiger charge is -2.14. The highest BCUT2D eigenvalue weighted by molar-refractivity contribution is 8.00. The number of esters is 2. The molecule has 0 aromatic rings. The molecule has 0 amide bonds. The Morgan fingerprint density at radius 3 is 1.57 bits per heavy atom. The van der Waals surface area contributed by atoms with Gasteiger partial charge < -0.3 is 9.47 Å². The summed E-state index contributed by atoms with van der Waals surface area (Å²) in [4.78, 5) is 22.4. The molecule has 0 spiro atoms. The fourth-order valence-corrected chi connectivity index (χ4v) is 3.19. The van der Waals surface area contributed by atoms with E-state index in [4.69, 9.17) is 9.47 Å². The monoisotopic (exact) mass is 378 g/mol. The second-order valence-electron chi connectivity index (χ2n) is 5.25. The molecule has 0 aliphatic heterocycles. The molecule has 0 saturated heterocycles. The smallest absolute Gasteiger partial charge is 0.333 e. The lowest BCUT2D eigenvalue weighted by molar-refractivity contribution is -0.139. The Morgan fingerprint density at radius 1 is 0.913 bits per heavy atom. The van der Waals surface area contributed by atoms with Crippen molar-refractivity contribution in [2.45, 2.75) is 37.2 Å². The summed E-state index contributed by atoms with van der Waals surface area (Å²) in [6.45, 7) is 11.0. The van der Waals surface area contributed by atoms with Crippen LogP contribution in [0.25, 0.3) is 0 Å². The molecule has 0 heterocycles. The van der Waals surface area contributed by atoms with Crippen molar-refractivity contribution in [3.8, 4) is 0 Å². The molecule has 0 aromatic carbocycles. The second kappa shape index (κ2) is 12.8. The maximum atomic E-state index is 11.2. The Morgan fingerprint density at radius 2 is 1.26 bits per heavy atom. The van der Waals surface area contributed by atoms with E-state index < -0.39 is 0 Å². The molecular formula is C16H26O4S3. The lowest BCUT2D eigenvalue weighted by Crippen LogP contribution is -2.14. The van der Waals surface area contributed by atoms with Gasteiger partial charge in [0.05, 0.1) is 13.2 Å². The second-order valence-corrected chi connectivity index (χ2v) is 7.79. The number of carbonyl (C=O) groups excluding carboxylic acids is 2. The van der Waals surface area contributed by atoms with E-state index in [0.717, 1.165) is 11.5 Å². The standard InChI is InChI=1S/C16H26O4S3/c1-11(2)15(17)19-7-5-13(21)9-23-10-14(22)6-8-20-16(18)12(3)4/h13-14,21-22H,1,3,5-10H2,2,4H3. The maximum Gasteiger partial charge on any atom is 0.333 e. The molecule has 0 radical (unpaired) electrons. The summed E-state index contributed by atoms with van der Waals surface area (Å²) in [5, 5.41) is 0.305. The summed E-state index contributed by atoms with van der Waals surface area (Å²) in [5.41, 5.74) is 0.806. The average Bonchev–Trinajstić information content (AvgIpc) is 2.46. The van der Waals surface area contributed by atoms with Gasteiger partial charge in [-0.3, -0.25) is 0 Å². The Kier molecular flexibility index (Phi) is 12.5. The van der Waals surface area contributed by atoms with Crippen LogP contribution in [0.1, 0.15) is 26.7 Å². The summed E-state index contributed by atoms with van der Waals surface area (Å²) >= 11 is 10.7. The van der Waals surface area contributed by atoms with E-state index in [1.807, 2.05) is 0 Å². The third kappa shape index (κ3) is 12.5. The number of thiol groups is 2. The van der Waals surface area contributed by atoms with Crippen molar-refractivity contribution in [3.63, 3.8) is 0 Å². The van der Waals surface area contributed by atoms with Crippen molar-refractivity contribution >= 4 is 49.0 Å². The fraction of sp³-hybridized carbons (Fsp3) is 0.625. The van der Waals surface area contributed by atoms with Crippen molar-refractivity contribution in [1.29, 1.82) is 0 Å². The van der Waals surface area contributed by atoms with Crippen LogP contribution in [0.15, 0.2) is 24.3 Å².